The molecule has 0 saturated carbocycles. The third-order valence-electron chi connectivity index (χ3n) is 5.76. The number of hydrogen-bond donors (Lipinski definition) is 1. The summed E-state index contributed by atoms with van der Waals surface area (Å²) < 4.78 is 10.5. The molecule has 0 bridgehead atoms. The van der Waals surface area contributed by atoms with Crippen molar-refractivity contribution in [1.29, 1.82) is 0 Å². The molecule has 1 atom stereocenters. The Bertz CT molecular complexity index is 1200. The van der Waals surface area contributed by atoms with Crippen LogP contribution in [0.15, 0.2) is 78.9 Å². The minimum Gasteiger partial charge on any atom is -0.493 e. The summed E-state index contributed by atoms with van der Waals surface area (Å²) in [7, 11) is 2.99. The number of hydrogen-bond acceptors (Lipinski definition) is 5. The van der Waals surface area contributed by atoms with E-state index in [4.69, 9.17) is 9.47 Å². The first-order chi connectivity index (χ1) is 16.0. The van der Waals surface area contributed by atoms with Gasteiger partial charge in [0.1, 0.15) is 0 Å². The summed E-state index contributed by atoms with van der Waals surface area (Å²) >= 11 is 0. The van der Waals surface area contributed by atoms with E-state index in [1.54, 1.807) is 36.4 Å². The molecule has 0 spiro atoms. The Hall–Kier alpha value is -3.90. The maximum Gasteiger partial charge on any atom is 0.264 e. The molecule has 0 saturated heterocycles. The van der Waals surface area contributed by atoms with E-state index in [0.29, 0.717) is 28.3 Å². The molecular weight excluding hydrogens is 418 g/mol. The van der Waals surface area contributed by atoms with Crippen LogP contribution < -0.4 is 14.4 Å². The second-order valence-electron chi connectivity index (χ2n) is 7.78. The van der Waals surface area contributed by atoms with Crippen LogP contribution in [0.1, 0.15) is 27.9 Å². The number of rotatable bonds is 8. The molecule has 33 heavy (non-hydrogen) atoms. The van der Waals surface area contributed by atoms with Crippen LogP contribution in [0.4, 0.5) is 5.69 Å². The number of benzene rings is 3. The van der Waals surface area contributed by atoms with Crippen LogP contribution in [-0.4, -0.2) is 37.6 Å². The van der Waals surface area contributed by atoms with Gasteiger partial charge in [0, 0.05) is 17.7 Å². The van der Waals surface area contributed by atoms with Crippen LogP contribution in [-0.2, 0) is 10.4 Å². The highest BCUT2D eigenvalue weighted by Crippen LogP contribution is 2.43. The molecule has 1 aliphatic rings. The lowest BCUT2D eigenvalue weighted by atomic mass is 9.88. The minimum absolute atomic E-state index is 0.275. The van der Waals surface area contributed by atoms with Crippen molar-refractivity contribution < 1.29 is 24.2 Å². The van der Waals surface area contributed by atoms with Crippen LogP contribution in [0, 0.1) is 0 Å². The Morgan fingerprint density at radius 2 is 1.67 bits per heavy atom. The zero-order valence-electron chi connectivity index (χ0n) is 18.5. The van der Waals surface area contributed by atoms with Gasteiger partial charge in [-0.2, -0.15) is 0 Å². The molecule has 1 heterocycles. The van der Waals surface area contributed by atoms with Gasteiger partial charge in [0.05, 0.1) is 26.3 Å². The second kappa shape index (κ2) is 9.30. The van der Waals surface area contributed by atoms with Crippen molar-refractivity contribution in [3.05, 3.63) is 95.6 Å². The fraction of sp³-hybridized carbons (Fsp3) is 0.185. The molecule has 0 aromatic heterocycles. The van der Waals surface area contributed by atoms with Crippen molar-refractivity contribution in [2.24, 2.45) is 0 Å². The van der Waals surface area contributed by atoms with E-state index in [9.17, 15) is 14.7 Å². The molecule has 168 valence electrons. The summed E-state index contributed by atoms with van der Waals surface area (Å²) in [5, 5.41) is 11.5. The summed E-state index contributed by atoms with van der Waals surface area (Å²) in [6.45, 7) is 0.275. The first kappa shape index (κ1) is 22.3. The quantitative estimate of drug-likeness (QED) is 0.528. The smallest absolute Gasteiger partial charge is 0.264 e. The Morgan fingerprint density at radius 1 is 0.970 bits per heavy atom. The highest BCUT2D eigenvalue weighted by molar-refractivity contribution is 6.11. The Kier molecular flexibility index (Phi) is 6.29. The van der Waals surface area contributed by atoms with Crippen LogP contribution >= 0.6 is 0 Å². The zero-order valence-corrected chi connectivity index (χ0v) is 18.5. The summed E-state index contributed by atoms with van der Waals surface area (Å²) in [4.78, 5) is 28.0. The SMILES string of the molecule is COc1ccc(C(=O)CC2(O)C(=O)N(C/C=C/c3ccccc3)c3ccccc32)cc1OC. The van der Waals surface area contributed by atoms with Crippen molar-refractivity contribution in [3.8, 4) is 11.5 Å². The Morgan fingerprint density at radius 3 is 2.39 bits per heavy atom. The molecule has 1 aliphatic heterocycles. The fourth-order valence-electron chi connectivity index (χ4n) is 4.06. The summed E-state index contributed by atoms with van der Waals surface area (Å²) in [6, 6.07) is 21.6. The Labute approximate surface area is 192 Å². The van der Waals surface area contributed by atoms with E-state index in [0.717, 1.165) is 5.56 Å². The monoisotopic (exact) mass is 443 g/mol. The number of carbonyl (C=O) groups excluding carboxylic acids is 2. The number of ether oxygens (including phenoxy) is 2. The molecule has 6 nitrogen and oxygen atoms in total. The van der Waals surface area contributed by atoms with Gasteiger partial charge in [-0.3, -0.25) is 9.59 Å². The molecule has 3 aromatic rings. The number of nitrogens with zero attached hydrogens (tertiary/aromatic N) is 1. The lowest BCUT2D eigenvalue weighted by molar-refractivity contribution is -0.135. The zero-order chi connectivity index (χ0) is 23.4. The summed E-state index contributed by atoms with van der Waals surface area (Å²) in [5.41, 5.74) is 0.423. The number of ketones is 1. The van der Waals surface area contributed by atoms with E-state index >= 15 is 0 Å². The highest BCUT2D eigenvalue weighted by atomic mass is 16.5. The topological polar surface area (TPSA) is 76.1 Å². The summed E-state index contributed by atoms with van der Waals surface area (Å²) in [5.74, 6) is 0.00566. The number of methoxy groups -OCH3 is 2. The first-order valence-corrected chi connectivity index (χ1v) is 10.6. The van der Waals surface area contributed by atoms with Gasteiger partial charge < -0.3 is 19.5 Å². The maximum absolute atomic E-state index is 13.4. The first-order valence-electron chi connectivity index (χ1n) is 10.6. The molecule has 1 N–H and O–H groups in total. The maximum atomic E-state index is 13.4. The summed E-state index contributed by atoms with van der Waals surface area (Å²) in [6.07, 6.45) is 3.41. The molecule has 3 aromatic carbocycles. The molecule has 1 amide bonds. The second-order valence-corrected chi connectivity index (χ2v) is 7.78. The van der Waals surface area contributed by atoms with Crippen molar-refractivity contribution in [2.45, 2.75) is 12.0 Å². The van der Waals surface area contributed by atoms with E-state index < -0.39 is 11.5 Å². The van der Waals surface area contributed by atoms with Crippen molar-refractivity contribution in [3.63, 3.8) is 0 Å². The fourth-order valence-corrected chi connectivity index (χ4v) is 4.06. The molecular formula is C27H25NO5. The average molecular weight is 443 g/mol. The number of amides is 1. The lowest BCUT2D eigenvalue weighted by Gasteiger charge is -2.22. The van der Waals surface area contributed by atoms with E-state index in [2.05, 4.69) is 0 Å². The lowest BCUT2D eigenvalue weighted by Crippen LogP contribution is -2.42. The number of para-hydroxylation sites is 1. The van der Waals surface area contributed by atoms with E-state index in [-0.39, 0.29) is 18.7 Å². The van der Waals surface area contributed by atoms with Gasteiger partial charge in [0.15, 0.2) is 22.9 Å². The molecule has 0 radical (unpaired) electrons. The minimum atomic E-state index is -1.94. The number of anilines is 1. The predicted octanol–water partition coefficient (Wildman–Crippen LogP) is 4.22. The average Bonchev–Trinajstić information content (AvgIpc) is 3.06. The van der Waals surface area contributed by atoms with Gasteiger partial charge in [-0.1, -0.05) is 60.7 Å². The molecule has 1 unspecified atom stereocenters. The number of aliphatic hydroxyl groups is 1. The van der Waals surface area contributed by atoms with Crippen molar-refractivity contribution in [1.82, 2.24) is 0 Å². The predicted molar refractivity (Wildman–Crippen MR) is 127 cm³/mol. The van der Waals surface area contributed by atoms with Crippen LogP contribution in [0.2, 0.25) is 0 Å². The molecule has 0 fully saturated rings. The van der Waals surface area contributed by atoms with Gasteiger partial charge in [-0.15, -0.1) is 0 Å². The van der Waals surface area contributed by atoms with Gasteiger partial charge in [0.25, 0.3) is 5.91 Å². The van der Waals surface area contributed by atoms with E-state index in [1.165, 1.54) is 19.1 Å². The number of carbonyl (C=O) groups is 2. The third kappa shape index (κ3) is 4.25. The highest BCUT2D eigenvalue weighted by Gasteiger charge is 2.50. The largest absolute Gasteiger partial charge is 0.493 e. The van der Waals surface area contributed by atoms with Gasteiger partial charge in [0.2, 0.25) is 0 Å². The Balaban J connectivity index is 1.60. The third-order valence-corrected chi connectivity index (χ3v) is 5.76. The van der Waals surface area contributed by atoms with E-state index in [1.807, 2.05) is 48.6 Å². The molecule has 0 aliphatic carbocycles. The normalized spacial score (nSPS) is 17.3. The van der Waals surface area contributed by atoms with Crippen molar-refractivity contribution in [2.75, 3.05) is 25.7 Å². The van der Waals surface area contributed by atoms with Crippen LogP contribution in [0.25, 0.3) is 6.08 Å². The standard InChI is InChI=1S/C27H25NO5/c1-32-24-15-14-20(17-25(24)33-2)23(29)18-27(31)21-12-6-7-13-22(21)28(26(27)30)16-8-11-19-9-4-3-5-10-19/h3-15,17,31H,16,18H2,1-2H3/b11-8+. The van der Waals surface area contributed by atoms with Crippen LogP contribution in [0.5, 0.6) is 11.5 Å². The van der Waals surface area contributed by atoms with Gasteiger partial charge >= 0.3 is 0 Å². The van der Waals surface area contributed by atoms with Crippen LogP contribution in [0.3, 0.4) is 0 Å². The van der Waals surface area contributed by atoms with Gasteiger partial charge in [-0.05, 0) is 29.8 Å². The number of fused-ring (bicyclic) bond motifs is 1. The molecule has 4 rings (SSSR count). The number of Topliss-reactive ketones (excluding diaryl/α,β-unsaturated/α-hetero) is 1. The van der Waals surface area contributed by atoms with Gasteiger partial charge in [-0.25, -0.2) is 0 Å². The van der Waals surface area contributed by atoms with Crippen molar-refractivity contribution >= 4 is 23.5 Å². The molecule has 6 heteroatoms.